The molecule has 1 aromatic heterocycles. The number of esters is 1. The van der Waals surface area contributed by atoms with Crippen LogP contribution in [-0.2, 0) is 16.1 Å². The molecule has 0 spiro atoms. The van der Waals surface area contributed by atoms with E-state index in [1.54, 1.807) is 23.6 Å². The summed E-state index contributed by atoms with van der Waals surface area (Å²) < 4.78 is 15.6. The van der Waals surface area contributed by atoms with Crippen molar-refractivity contribution < 1.29 is 14.3 Å². The number of nitrogens with zero attached hydrogens (tertiary/aromatic N) is 2. The Hall–Kier alpha value is -2.97. The lowest BCUT2D eigenvalue weighted by atomic mass is 9.93. The first-order chi connectivity index (χ1) is 22.2. The van der Waals surface area contributed by atoms with Gasteiger partial charge in [0.2, 0.25) is 0 Å². The monoisotopic (exact) mass is 892 g/mol. The highest BCUT2D eigenvalue weighted by atomic mass is 127. The summed E-state index contributed by atoms with van der Waals surface area (Å²) in [6.45, 7) is 2.31. The van der Waals surface area contributed by atoms with E-state index in [1.165, 1.54) is 11.3 Å². The summed E-state index contributed by atoms with van der Waals surface area (Å²) in [5, 5.41) is 1.20. The van der Waals surface area contributed by atoms with E-state index in [4.69, 9.17) is 37.7 Å². The maximum atomic E-state index is 14.2. The van der Waals surface area contributed by atoms with E-state index >= 15 is 0 Å². The highest BCUT2D eigenvalue weighted by Gasteiger charge is 2.35. The van der Waals surface area contributed by atoms with Gasteiger partial charge >= 0.3 is 5.97 Å². The summed E-state index contributed by atoms with van der Waals surface area (Å²) in [6, 6.07) is 27.4. The molecule has 0 unspecified atom stereocenters. The summed E-state index contributed by atoms with van der Waals surface area (Å²) in [7, 11) is 0. The van der Waals surface area contributed by atoms with E-state index in [0.29, 0.717) is 42.8 Å². The van der Waals surface area contributed by atoms with E-state index < -0.39 is 12.0 Å². The molecule has 0 bridgehead atoms. The van der Waals surface area contributed by atoms with Gasteiger partial charge in [-0.2, -0.15) is 0 Å². The van der Waals surface area contributed by atoms with Crippen molar-refractivity contribution in [2.24, 2.45) is 4.99 Å². The lowest BCUT2D eigenvalue weighted by Gasteiger charge is -2.25. The number of hydrogen-bond acceptors (Lipinski definition) is 6. The molecule has 0 radical (unpaired) electrons. The molecular weight excluding hydrogens is 869 g/mol. The maximum Gasteiger partial charge on any atom is 0.338 e. The summed E-state index contributed by atoms with van der Waals surface area (Å²) in [4.78, 5) is 33.2. The highest BCUT2D eigenvalue weighted by molar-refractivity contribution is 14.1. The number of ether oxygens (including phenoxy) is 2. The predicted octanol–water partition coefficient (Wildman–Crippen LogP) is 8.03. The number of hydrogen-bond donors (Lipinski definition) is 0. The number of carbonyl (C=O) groups is 1. The van der Waals surface area contributed by atoms with Crippen LogP contribution in [-0.4, -0.2) is 17.1 Å². The van der Waals surface area contributed by atoms with Crippen molar-refractivity contribution in [2.75, 3.05) is 6.61 Å². The molecular formula is C35H24Cl2I2N2O4S. The van der Waals surface area contributed by atoms with Gasteiger partial charge < -0.3 is 9.47 Å². The fourth-order valence-electron chi connectivity index (χ4n) is 5.14. The van der Waals surface area contributed by atoms with Crippen LogP contribution in [0.2, 0.25) is 10.0 Å². The second-order valence-electron chi connectivity index (χ2n) is 10.2. The molecule has 5 aromatic rings. The van der Waals surface area contributed by atoms with E-state index in [-0.39, 0.29) is 12.2 Å². The molecule has 6 rings (SSSR count). The van der Waals surface area contributed by atoms with Crippen LogP contribution < -0.4 is 19.6 Å². The van der Waals surface area contributed by atoms with Crippen molar-refractivity contribution in [3.63, 3.8) is 0 Å². The molecule has 1 atom stereocenters. The van der Waals surface area contributed by atoms with Gasteiger partial charge in [0.25, 0.3) is 5.56 Å². The van der Waals surface area contributed by atoms with Crippen LogP contribution in [0.4, 0.5) is 0 Å². The Bertz CT molecular complexity index is 2140. The molecule has 11 heteroatoms. The van der Waals surface area contributed by atoms with Crippen molar-refractivity contribution >= 4 is 97.5 Å². The molecule has 232 valence electrons. The Labute approximate surface area is 306 Å². The van der Waals surface area contributed by atoms with Crippen molar-refractivity contribution in [2.45, 2.75) is 19.6 Å². The van der Waals surface area contributed by atoms with E-state index in [1.807, 2.05) is 84.9 Å². The number of thiazole rings is 1. The van der Waals surface area contributed by atoms with Crippen LogP contribution in [0.1, 0.15) is 35.2 Å². The number of aromatic nitrogens is 1. The standard InChI is InChI=1S/C35H24Cl2I2N2O4S/c1-2-44-34(43)29-30(22-8-4-3-5-9-22)40-35-41(31(29)23-11-13-24(36)14-12-23)33(42)28(46-35)18-21-16-26(38)32(27(39)17-21)45-19-20-7-6-10-25(37)15-20/h3-18,31H,2,19H2,1H3/b28-18-/t31-/m0/s1. The highest BCUT2D eigenvalue weighted by Crippen LogP contribution is 2.36. The third-order valence-corrected chi connectivity index (χ3v) is 10.2. The van der Waals surface area contributed by atoms with E-state index in [2.05, 4.69) is 45.2 Å². The number of halogens is 4. The molecule has 6 nitrogen and oxygen atoms in total. The third-order valence-electron chi connectivity index (χ3n) is 7.15. The molecule has 0 aliphatic carbocycles. The predicted molar refractivity (Wildman–Crippen MR) is 200 cm³/mol. The van der Waals surface area contributed by atoms with Gasteiger partial charge in [0.15, 0.2) is 4.80 Å². The lowest BCUT2D eigenvalue weighted by Crippen LogP contribution is -2.40. The number of fused-ring (bicyclic) bond motifs is 1. The van der Waals surface area contributed by atoms with E-state index in [0.717, 1.165) is 29.6 Å². The SMILES string of the molecule is CCOC(=O)C1=C(c2ccccc2)N=c2s/c(=C\c3cc(I)c(OCc4cccc(Cl)c4)c(I)c3)c(=O)n2[C@H]1c1ccc(Cl)cc1. The van der Waals surface area contributed by atoms with Gasteiger partial charge in [-0.05, 0) is 111 Å². The van der Waals surface area contributed by atoms with Crippen molar-refractivity contribution in [3.05, 3.63) is 156 Å². The van der Waals surface area contributed by atoms with Gasteiger partial charge in [0.05, 0.1) is 35.6 Å². The number of benzene rings is 4. The van der Waals surface area contributed by atoms with Gasteiger partial charge in [-0.3, -0.25) is 9.36 Å². The fraction of sp³-hybridized carbons (Fsp3) is 0.114. The Morgan fingerprint density at radius 2 is 1.67 bits per heavy atom. The molecule has 0 saturated heterocycles. The van der Waals surface area contributed by atoms with Crippen LogP contribution in [0, 0.1) is 7.14 Å². The minimum atomic E-state index is -0.771. The normalized spacial score (nSPS) is 14.5. The van der Waals surface area contributed by atoms with Crippen molar-refractivity contribution in [3.8, 4) is 5.75 Å². The molecule has 0 fully saturated rings. The van der Waals surface area contributed by atoms with Crippen LogP contribution in [0.5, 0.6) is 5.75 Å². The topological polar surface area (TPSA) is 69.9 Å². The van der Waals surface area contributed by atoms with Gasteiger partial charge in [0.1, 0.15) is 12.4 Å². The summed E-state index contributed by atoms with van der Waals surface area (Å²) >= 11 is 18.1. The van der Waals surface area contributed by atoms with Gasteiger partial charge in [0, 0.05) is 15.6 Å². The zero-order chi connectivity index (χ0) is 32.4. The van der Waals surface area contributed by atoms with E-state index in [9.17, 15) is 9.59 Å². The Morgan fingerprint density at radius 3 is 2.35 bits per heavy atom. The first-order valence-electron chi connectivity index (χ1n) is 14.1. The molecule has 2 heterocycles. The first kappa shape index (κ1) is 33.0. The smallest absolute Gasteiger partial charge is 0.338 e. The number of rotatable bonds is 8. The van der Waals surface area contributed by atoms with Crippen LogP contribution in [0.15, 0.2) is 106 Å². The molecule has 0 saturated carbocycles. The summed E-state index contributed by atoms with van der Waals surface area (Å²) in [5.74, 6) is 0.228. The van der Waals surface area contributed by atoms with Crippen LogP contribution >= 0.6 is 79.7 Å². The lowest BCUT2D eigenvalue weighted by molar-refractivity contribution is -0.138. The van der Waals surface area contributed by atoms with Gasteiger partial charge in [-0.25, -0.2) is 9.79 Å². The summed E-state index contributed by atoms with van der Waals surface area (Å²) in [5.41, 5.74) is 3.77. The Balaban J connectivity index is 1.47. The van der Waals surface area contributed by atoms with Crippen molar-refractivity contribution in [1.82, 2.24) is 4.57 Å². The maximum absolute atomic E-state index is 14.2. The molecule has 0 amide bonds. The molecule has 46 heavy (non-hydrogen) atoms. The molecule has 4 aromatic carbocycles. The number of carbonyl (C=O) groups excluding carboxylic acids is 1. The minimum absolute atomic E-state index is 0.179. The second-order valence-corrected chi connectivity index (χ2v) is 14.4. The van der Waals surface area contributed by atoms with Crippen LogP contribution in [0.25, 0.3) is 11.8 Å². The average molecular weight is 893 g/mol. The molecule has 1 aliphatic rings. The van der Waals surface area contributed by atoms with Crippen molar-refractivity contribution in [1.29, 1.82) is 0 Å². The third kappa shape index (κ3) is 6.98. The van der Waals surface area contributed by atoms with Gasteiger partial charge in [-0.1, -0.05) is 89.1 Å². The second kappa shape index (κ2) is 14.4. The minimum Gasteiger partial charge on any atom is -0.487 e. The zero-order valence-electron chi connectivity index (χ0n) is 24.2. The summed E-state index contributed by atoms with van der Waals surface area (Å²) in [6.07, 6.45) is 1.85. The fourth-order valence-corrected chi connectivity index (χ4v) is 8.60. The quantitative estimate of drug-likeness (QED) is 0.117. The largest absolute Gasteiger partial charge is 0.487 e. The van der Waals surface area contributed by atoms with Gasteiger partial charge in [-0.15, -0.1) is 0 Å². The Morgan fingerprint density at radius 1 is 0.957 bits per heavy atom. The zero-order valence-corrected chi connectivity index (χ0v) is 30.8. The molecule has 1 aliphatic heterocycles. The molecule has 0 N–H and O–H groups in total. The average Bonchev–Trinajstić information content (AvgIpc) is 3.35. The first-order valence-corrected chi connectivity index (χ1v) is 17.9. The van der Waals surface area contributed by atoms with Crippen LogP contribution in [0.3, 0.4) is 0 Å². The Kier molecular flexibility index (Phi) is 10.3.